The van der Waals surface area contributed by atoms with Crippen LogP contribution in [0.1, 0.15) is 12.5 Å². The van der Waals surface area contributed by atoms with Crippen molar-refractivity contribution in [3.05, 3.63) is 54.0 Å². The van der Waals surface area contributed by atoms with E-state index in [2.05, 4.69) is 15.5 Å². The normalized spacial score (nSPS) is 13.9. The fraction of sp³-hybridized carbons (Fsp3) is 0.231. The van der Waals surface area contributed by atoms with Crippen LogP contribution in [0.4, 0.5) is 10.2 Å². The highest BCUT2D eigenvalue weighted by atomic mass is 19.1. The Morgan fingerprint density at radius 3 is 2.61 bits per heavy atom. The number of anilines is 1. The highest BCUT2D eigenvalue weighted by molar-refractivity contribution is 5.33. The summed E-state index contributed by atoms with van der Waals surface area (Å²) in [5.74, 6) is 0.260. The molecular formula is C13H14FN3O. The maximum Gasteiger partial charge on any atom is 0.148 e. The van der Waals surface area contributed by atoms with E-state index in [1.807, 2.05) is 0 Å². The van der Waals surface area contributed by atoms with Crippen molar-refractivity contribution in [2.45, 2.75) is 12.5 Å². The monoisotopic (exact) mass is 247 g/mol. The van der Waals surface area contributed by atoms with Crippen molar-refractivity contribution in [2.24, 2.45) is 0 Å². The molecule has 5 heteroatoms. The second-order valence-corrected chi connectivity index (χ2v) is 4.24. The van der Waals surface area contributed by atoms with Crippen molar-refractivity contribution in [1.82, 2.24) is 10.2 Å². The van der Waals surface area contributed by atoms with Crippen LogP contribution < -0.4 is 5.32 Å². The van der Waals surface area contributed by atoms with Crippen molar-refractivity contribution in [1.29, 1.82) is 0 Å². The number of nitrogens with zero attached hydrogens (tertiary/aromatic N) is 2. The van der Waals surface area contributed by atoms with Crippen LogP contribution in [-0.4, -0.2) is 21.8 Å². The Labute approximate surface area is 105 Å². The third-order valence-electron chi connectivity index (χ3n) is 2.65. The fourth-order valence-electron chi connectivity index (χ4n) is 1.57. The molecule has 1 unspecified atom stereocenters. The van der Waals surface area contributed by atoms with Crippen LogP contribution in [0.3, 0.4) is 0 Å². The SMILES string of the molecule is CC(O)(CNc1cccnn1)c1ccc(F)cc1. The van der Waals surface area contributed by atoms with Crippen molar-refractivity contribution in [3.63, 3.8) is 0 Å². The Hall–Kier alpha value is -2.01. The molecule has 1 atom stereocenters. The first-order valence-corrected chi connectivity index (χ1v) is 5.58. The Morgan fingerprint density at radius 1 is 1.28 bits per heavy atom. The summed E-state index contributed by atoms with van der Waals surface area (Å²) in [4.78, 5) is 0. The van der Waals surface area contributed by atoms with E-state index in [1.165, 1.54) is 12.1 Å². The summed E-state index contributed by atoms with van der Waals surface area (Å²) < 4.78 is 12.8. The Bertz CT molecular complexity index is 499. The van der Waals surface area contributed by atoms with Crippen molar-refractivity contribution in [2.75, 3.05) is 11.9 Å². The van der Waals surface area contributed by atoms with Crippen LogP contribution in [0.2, 0.25) is 0 Å². The number of benzene rings is 1. The summed E-state index contributed by atoms with van der Waals surface area (Å²) in [6, 6.07) is 9.29. The highest BCUT2D eigenvalue weighted by Gasteiger charge is 2.22. The first-order chi connectivity index (χ1) is 8.58. The van der Waals surface area contributed by atoms with Crippen LogP contribution in [-0.2, 0) is 5.60 Å². The van der Waals surface area contributed by atoms with Gasteiger partial charge in [-0.15, -0.1) is 5.10 Å². The molecule has 1 aromatic carbocycles. The van der Waals surface area contributed by atoms with Crippen LogP contribution in [0, 0.1) is 5.82 Å². The molecule has 0 spiro atoms. The first kappa shape index (κ1) is 12.4. The molecule has 18 heavy (non-hydrogen) atoms. The van der Waals surface area contributed by atoms with Gasteiger partial charge in [-0.05, 0) is 36.8 Å². The van der Waals surface area contributed by atoms with Crippen LogP contribution >= 0.6 is 0 Å². The van der Waals surface area contributed by atoms with Gasteiger partial charge in [-0.3, -0.25) is 0 Å². The predicted octanol–water partition coefficient (Wildman–Crippen LogP) is 1.94. The molecule has 0 saturated heterocycles. The zero-order valence-corrected chi connectivity index (χ0v) is 9.97. The summed E-state index contributed by atoms with van der Waals surface area (Å²) in [6.07, 6.45) is 1.57. The standard InChI is InChI=1S/C13H14FN3O/c1-13(18,10-4-6-11(14)7-5-10)9-15-12-3-2-8-16-17-12/h2-8,18H,9H2,1H3,(H,15,17). The van der Waals surface area contributed by atoms with Crippen LogP contribution in [0.15, 0.2) is 42.6 Å². The molecule has 0 aliphatic rings. The molecule has 1 aromatic heterocycles. The predicted molar refractivity (Wildman–Crippen MR) is 66.5 cm³/mol. The first-order valence-electron chi connectivity index (χ1n) is 5.58. The summed E-state index contributed by atoms with van der Waals surface area (Å²) >= 11 is 0. The van der Waals surface area contributed by atoms with Gasteiger partial charge in [0, 0.05) is 12.7 Å². The maximum atomic E-state index is 12.8. The van der Waals surface area contributed by atoms with E-state index in [4.69, 9.17) is 0 Å². The maximum absolute atomic E-state index is 12.8. The minimum atomic E-state index is -1.11. The Balaban J connectivity index is 2.05. The van der Waals surface area contributed by atoms with Crippen LogP contribution in [0.25, 0.3) is 0 Å². The molecule has 0 aliphatic carbocycles. The molecule has 4 nitrogen and oxygen atoms in total. The molecule has 0 bridgehead atoms. The van der Waals surface area contributed by atoms with Gasteiger partial charge in [0.15, 0.2) is 0 Å². The largest absolute Gasteiger partial charge is 0.384 e. The molecule has 1 heterocycles. The minimum absolute atomic E-state index is 0.261. The summed E-state index contributed by atoms with van der Waals surface area (Å²) in [5, 5.41) is 20.9. The molecule has 0 fully saturated rings. The molecule has 0 amide bonds. The number of nitrogens with one attached hydrogen (secondary N) is 1. The number of halogens is 1. The van der Waals surface area contributed by atoms with Crippen molar-refractivity contribution < 1.29 is 9.50 Å². The third-order valence-corrected chi connectivity index (χ3v) is 2.65. The summed E-state index contributed by atoms with van der Waals surface area (Å²) in [6.45, 7) is 1.92. The van der Waals surface area contributed by atoms with Gasteiger partial charge in [0.25, 0.3) is 0 Å². The lowest BCUT2D eigenvalue weighted by Crippen LogP contribution is -2.31. The smallest absolute Gasteiger partial charge is 0.148 e. The summed E-state index contributed by atoms with van der Waals surface area (Å²) in [7, 11) is 0. The Morgan fingerprint density at radius 2 is 2.00 bits per heavy atom. The molecule has 0 aliphatic heterocycles. The van der Waals surface area contributed by atoms with Gasteiger partial charge in [0.05, 0.1) is 0 Å². The zero-order valence-electron chi connectivity index (χ0n) is 9.97. The van der Waals surface area contributed by atoms with E-state index < -0.39 is 5.60 Å². The van der Waals surface area contributed by atoms with Gasteiger partial charge in [-0.1, -0.05) is 12.1 Å². The average molecular weight is 247 g/mol. The molecular weight excluding hydrogens is 233 g/mol. The minimum Gasteiger partial charge on any atom is -0.384 e. The van der Waals surface area contributed by atoms with E-state index in [9.17, 15) is 9.50 Å². The third kappa shape index (κ3) is 3.01. The second-order valence-electron chi connectivity index (χ2n) is 4.24. The van der Waals surface area contributed by atoms with E-state index in [0.29, 0.717) is 11.4 Å². The average Bonchev–Trinajstić information content (AvgIpc) is 2.38. The van der Waals surface area contributed by atoms with Gasteiger partial charge in [0.2, 0.25) is 0 Å². The van der Waals surface area contributed by atoms with Crippen molar-refractivity contribution in [3.8, 4) is 0 Å². The number of rotatable bonds is 4. The Kier molecular flexibility index (Phi) is 3.53. The van der Waals surface area contributed by atoms with E-state index >= 15 is 0 Å². The molecule has 2 N–H and O–H groups in total. The lowest BCUT2D eigenvalue weighted by atomic mass is 9.96. The molecule has 2 rings (SSSR count). The topological polar surface area (TPSA) is 58.0 Å². The molecule has 0 radical (unpaired) electrons. The lowest BCUT2D eigenvalue weighted by Gasteiger charge is -2.24. The molecule has 0 saturated carbocycles. The molecule has 94 valence electrons. The van der Waals surface area contributed by atoms with E-state index in [-0.39, 0.29) is 12.4 Å². The summed E-state index contributed by atoms with van der Waals surface area (Å²) in [5.41, 5.74) is -0.467. The van der Waals surface area contributed by atoms with Gasteiger partial charge in [-0.25, -0.2) is 4.39 Å². The quantitative estimate of drug-likeness (QED) is 0.866. The van der Waals surface area contributed by atoms with E-state index in [1.54, 1.807) is 37.4 Å². The molecule has 2 aromatic rings. The lowest BCUT2D eigenvalue weighted by molar-refractivity contribution is 0.0713. The highest BCUT2D eigenvalue weighted by Crippen LogP contribution is 2.21. The van der Waals surface area contributed by atoms with Gasteiger partial charge in [0.1, 0.15) is 17.2 Å². The van der Waals surface area contributed by atoms with Gasteiger partial charge in [-0.2, -0.15) is 5.10 Å². The number of hydrogen-bond donors (Lipinski definition) is 2. The number of hydrogen-bond acceptors (Lipinski definition) is 4. The van der Waals surface area contributed by atoms with Crippen LogP contribution in [0.5, 0.6) is 0 Å². The number of aliphatic hydroxyl groups is 1. The van der Waals surface area contributed by atoms with Crippen molar-refractivity contribution >= 4 is 5.82 Å². The number of aromatic nitrogens is 2. The van der Waals surface area contributed by atoms with Gasteiger partial charge >= 0.3 is 0 Å². The zero-order chi connectivity index (χ0) is 13.0. The fourth-order valence-corrected chi connectivity index (χ4v) is 1.57. The second kappa shape index (κ2) is 5.10. The van der Waals surface area contributed by atoms with E-state index in [0.717, 1.165) is 0 Å². The van der Waals surface area contributed by atoms with Gasteiger partial charge < -0.3 is 10.4 Å².